The number of hydrogen-bond acceptors (Lipinski definition) is 6. The molecule has 22 heavy (non-hydrogen) atoms. The molecular weight excluding hydrogens is 300 g/mol. The predicted molar refractivity (Wildman–Crippen MR) is 87.5 cm³/mol. The van der Waals surface area contributed by atoms with Gasteiger partial charge < -0.3 is 15.3 Å². The number of piperazine rings is 1. The molecule has 1 aliphatic carbocycles. The Labute approximate surface area is 135 Å². The van der Waals surface area contributed by atoms with Crippen molar-refractivity contribution >= 4 is 22.4 Å². The number of rotatable bonds is 3. The fraction of sp³-hybridized carbons (Fsp3) is 0.733. The lowest BCUT2D eigenvalue weighted by molar-refractivity contribution is 0.0316. The minimum Gasteiger partial charge on any atom is -0.391 e. The van der Waals surface area contributed by atoms with Crippen LogP contribution < -0.4 is 5.32 Å². The van der Waals surface area contributed by atoms with Gasteiger partial charge in [-0.2, -0.15) is 4.37 Å². The van der Waals surface area contributed by atoms with E-state index >= 15 is 0 Å². The van der Waals surface area contributed by atoms with Crippen LogP contribution in [0.2, 0.25) is 0 Å². The molecule has 122 valence electrons. The summed E-state index contributed by atoms with van der Waals surface area (Å²) in [5, 5.41) is 13.9. The fourth-order valence-electron chi connectivity index (χ4n) is 3.55. The largest absolute Gasteiger partial charge is 0.391 e. The van der Waals surface area contributed by atoms with Gasteiger partial charge in [-0.3, -0.25) is 9.69 Å². The third-order valence-corrected chi connectivity index (χ3v) is 5.77. The minimum atomic E-state index is -0.193. The third kappa shape index (κ3) is 2.85. The fourth-order valence-corrected chi connectivity index (χ4v) is 4.29. The van der Waals surface area contributed by atoms with E-state index in [4.69, 9.17) is 0 Å². The molecule has 0 unspecified atom stereocenters. The summed E-state index contributed by atoms with van der Waals surface area (Å²) in [5.41, 5.74) is 1.51. The number of aromatic nitrogens is 1. The highest BCUT2D eigenvalue weighted by Crippen LogP contribution is 2.28. The van der Waals surface area contributed by atoms with E-state index in [2.05, 4.69) is 14.6 Å². The third-order valence-electron chi connectivity index (χ3n) is 4.82. The number of nitrogens with zero attached hydrogens (tertiary/aromatic N) is 3. The molecule has 2 heterocycles. The zero-order valence-corrected chi connectivity index (χ0v) is 14.0. The summed E-state index contributed by atoms with van der Waals surface area (Å²) in [4.78, 5) is 17.0. The number of anilines is 1. The second kappa shape index (κ2) is 6.52. The Morgan fingerprint density at radius 3 is 2.64 bits per heavy atom. The SMILES string of the molecule is CNc1snc(C)c1C(=O)N1CCN([C@H]2CCC[C@H]2O)CC1. The van der Waals surface area contributed by atoms with E-state index in [9.17, 15) is 9.90 Å². The molecule has 1 aliphatic heterocycles. The van der Waals surface area contributed by atoms with Crippen LogP contribution in [0.15, 0.2) is 0 Å². The van der Waals surface area contributed by atoms with Crippen molar-refractivity contribution < 1.29 is 9.90 Å². The van der Waals surface area contributed by atoms with Crippen molar-refractivity contribution in [3.8, 4) is 0 Å². The maximum atomic E-state index is 12.7. The van der Waals surface area contributed by atoms with Gasteiger partial charge in [0.25, 0.3) is 5.91 Å². The van der Waals surface area contributed by atoms with Crippen LogP contribution >= 0.6 is 11.5 Å². The molecule has 7 heteroatoms. The van der Waals surface area contributed by atoms with Crippen LogP contribution in [0.3, 0.4) is 0 Å². The topological polar surface area (TPSA) is 68.7 Å². The van der Waals surface area contributed by atoms with Crippen molar-refractivity contribution in [3.63, 3.8) is 0 Å². The lowest BCUT2D eigenvalue weighted by atomic mass is 10.1. The van der Waals surface area contributed by atoms with Crippen molar-refractivity contribution in [1.29, 1.82) is 0 Å². The number of nitrogens with one attached hydrogen (secondary N) is 1. The van der Waals surface area contributed by atoms with Crippen molar-refractivity contribution in [1.82, 2.24) is 14.2 Å². The molecule has 2 N–H and O–H groups in total. The molecule has 1 aromatic heterocycles. The van der Waals surface area contributed by atoms with Gasteiger partial charge in [0, 0.05) is 39.3 Å². The molecule has 1 saturated carbocycles. The van der Waals surface area contributed by atoms with Crippen molar-refractivity contribution in [2.24, 2.45) is 0 Å². The van der Waals surface area contributed by atoms with E-state index in [0.717, 1.165) is 56.1 Å². The van der Waals surface area contributed by atoms with Gasteiger partial charge in [-0.05, 0) is 37.7 Å². The average Bonchev–Trinajstić information content (AvgIpc) is 3.12. The molecule has 1 aromatic rings. The van der Waals surface area contributed by atoms with Crippen LogP contribution in [0.4, 0.5) is 5.00 Å². The highest BCUT2D eigenvalue weighted by Gasteiger charge is 2.34. The van der Waals surface area contributed by atoms with Gasteiger partial charge in [0.15, 0.2) is 0 Å². The van der Waals surface area contributed by atoms with Crippen LogP contribution in [-0.2, 0) is 0 Å². The highest BCUT2D eigenvalue weighted by atomic mass is 32.1. The summed E-state index contributed by atoms with van der Waals surface area (Å²) in [6.07, 6.45) is 2.90. The van der Waals surface area contributed by atoms with Gasteiger partial charge in [0.2, 0.25) is 0 Å². The Balaban J connectivity index is 1.63. The number of carbonyl (C=O) groups is 1. The smallest absolute Gasteiger partial charge is 0.258 e. The maximum absolute atomic E-state index is 12.7. The van der Waals surface area contributed by atoms with Crippen LogP contribution in [0.1, 0.15) is 35.3 Å². The predicted octanol–water partition coefficient (Wildman–Crippen LogP) is 1.16. The molecule has 0 aromatic carbocycles. The summed E-state index contributed by atoms with van der Waals surface area (Å²) in [6.45, 7) is 5.02. The first-order valence-corrected chi connectivity index (χ1v) is 8.74. The number of aliphatic hydroxyl groups is 1. The quantitative estimate of drug-likeness (QED) is 0.873. The Hall–Kier alpha value is -1.18. The Bertz CT molecular complexity index is 540. The lowest BCUT2D eigenvalue weighted by Gasteiger charge is -2.39. The van der Waals surface area contributed by atoms with Crippen LogP contribution in [0, 0.1) is 6.92 Å². The molecule has 1 saturated heterocycles. The number of hydrogen-bond donors (Lipinski definition) is 2. The first-order chi connectivity index (χ1) is 10.6. The number of aryl methyl sites for hydroxylation is 1. The normalized spacial score (nSPS) is 26.4. The zero-order chi connectivity index (χ0) is 15.7. The monoisotopic (exact) mass is 324 g/mol. The van der Waals surface area contributed by atoms with E-state index in [-0.39, 0.29) is 18.1 Å². The first-order valence-electron chi connectivity index (χ1n) is 7.97. The second-order valence-electron chi connectivity index (χ2n) is 6.12. The number of carbonyl (C=O) groups excluding carboxylic acids is 1. The second-order valence-corrected chi connectivity index (χ2v) is 6.89. The summed E-state index contributed by atoms with van der Waals surface area (Å²) < 4.78 is 4.28. The Kier molecular flexibility index (Phi) is 4.65. The molecule has 3 rings (SSSR count). The zero-order valence-electron chi connectivity index (χ0n) is 13.2. The molecular formula is C15H24N4O2S. The number of aliphatic hydroxyl groups excluding tert-OH is 1. The molecule has 2 fully saturated rings. The van der Waals surface area contributed by atoms with Gasteiger partial charge in [-0.25, -0.2) is 0 Å². The van der Waals surface area contributed by atoms with Crippen molar-refractivity contribution in [2.45, 2.75) is 38.3 Å². The van der Waals surface area contributed by atoms with Crippen molar-refractivity contribution in [3.05, 3.63) is 11.3 Å². The van der Waals surface area contributed by atoms with Crippen molar-refractivity contribution in [2.75, 3.05) is 38.5 Å². The van der Waals surface area contributed by atoms with E-state index in [1.165, 1.54) is 11.5 Å². The summed E-state index contributed by atoms with van der Waals surface area (Å²) >= 11 is 1.34. The molecule has 6 nitrogen and oxygen atoms in total. The van der Waals surface area contributed by atoms with E-state index in [1.807, 2.05) is 18.9 Å². The van der Waals surface area contributed by atoms with Crippen LogP contribution in [0.25, 0.3) is 0 Å². The summed E-state index contributed by atoms with van der Waals surface area (Å²) in [7, 11) is 1.82. The Morgan fingerprint density at radius 1 is 1.32 bits per heavy atom. The van der Waals surface area contributed by atoms with Crippen LogP contribution in [-0.4, -0.2) is 70.6 Å². The van der Waals surface area contributed by atoms with Gasteiger partial charge in [0.05, 0.1) is 17.4 Å². The van der Waals surface area contributed by atoms with E-state index in [1.54, 1.807) is 0 Å². The molecule has 2 aliphatic rings. The van der Waals surface area contributed by atoms with Gasteiger partial charge >= 0.3 is 0 Å². The van der Waals surface area contributed by atoms with Gasteiger partial charge in [-0.1, -0.05) is 0 Å². The molecule has 0 spiro atoms. The highest BCUT2D eigenvalue weighted by molar-refractivity contribution is 7.10. The minimum absolute atomic E-state index is 0.0715. The van der Waals surface area contributed by atoms with E-state index in [0.29, 0.717) is 5.56 Å². The average molecular weight is 324 g/mol. The molecule has 2 atom stereocenters. The maximum Gasteiger partial charge on any atom is 0.258 e. The first kappa shape index (κ1) is 15.7. The number of amides is 1. The molecule has 0 radical (unpaired) electrons. The summed E-state index contributed by atoms with van der Waals surface area (Å²) in [6, 6.07) is 0.287. The molecule has 0 bridgehead atoms. The lowest BCUT2D eigenvalue weighted by Crippen LogP contribution is -2.53. The van der Waals surface area contributed by atoms with Gasteiger partial charge in [0.1, 0.15) is 5.00 Å². The standard InChI is InChI=1S/C15H24N4O2S/c1-10-13(14(16-2)22-17-10)15(21)19-8-6-18(7-9-19)11-4-3-5-12(11)20/h11-12,16,20H,3-9H2,1-2H3/t11-,12+/m0/s1. The summed E-state index contributed by atoms with van der Waals surface area (Å²) in [5.74, 6) is 0.0715. The van der Waals surface area contributed by atoms with Crippen LogP contribution in [0.5, 0.6) is 0 Å². The molecule has 1 amide bonds. The van der Waals surface area contributed by atoms with E-state index < -0.39 is 0 Å². The van der Waals surface area contributed by atoms with Gasteiger partial charge in [-0.15, -0.1) is 0 Å². The Morgan fingerprint density at radius 2 is 2.05 bits per heavy atom.